The van der Waals surface area contributed by atoms with Gasteiger partial charge in [-0.2, -0.15) is 0 Å². The van der Waals surface area contributed by atoms with Crippen LogP contribution in [0, 0.1) is 6.92 Å². The van der Waals surface area contributed by atoms with E-state index in [2.05, 4.69) is 30.0 Å². The number of carbonyl (C=O) groups excluding carboxylic acids is 2. The first-order chi connectivity index (χ1) is 9.83. The highest BCUT2D eigenvalue weighted by atomic mass is 16.5. The summed E-state index contributed by atoms with van der Waals surface area (Å²) in [5.74, 6) is 0.236. The first-order valence-corrected chi connectivity index (χ1v) is 6.92. The Balaban J connectivity index is 2.79. The zero-order valence-electron chi connectivity index (χ0n) is 13.2. The second-order valence-electron chi connectivity index (χ2n) is 5.32. The van der Waals surface area contributed by atoms with Crippen LogP contribution in [0.5, 0.6) is 5.75 Å². The molecular formula is C16H23NO4. The van der Waals surface area contributed by atoms with Gasteiger partial charge in [0.25, 0.3) is 0 Å². The second kappa shape index (κ2) is 7.67. The molecule has 1 atom stereocenters. The van der Waals surface area contributed by atoms with Gasteiger partial charge in [0.2, 0.25) is 5.91 Å². The molecule has 0 aliphatic carbocycles. The van der Waals surface area contributed by atoms with Gasteiger partial charge < -0.3 is 14.8 Å². The number of rotatable bonds is 6. The fraction of sp³-hybridized carbons (Fsp3) is 0.500. The largest absolute Gasteiger partial charge is 0.491 e. The summed E-state index contributed by atoms with van der Waals surface area (Å²) in [6.07, 6.45) is 0. The maximum atomic E-state index is 11.6. The molecule has 1 amide bonds. The molecule has 21 heavy (non-hydrogen) atoms. The average molecular weight is 293 g/mol. The van der Waals surface area contributed by atoms with Crippen LogP contribution in [0.2, 0.25) is 0 Å². The van der Waals surface area contributed by atoms with E-state index in [0.717, 1.165) is 5.56 Å². The molecule has 0 heterocycles. The zero-order valence-corrected chi connectivity index (χ0v) is 13.2. The maximum absolute atomic E-state index is 11.6. The number of hydrogen-bond acceptors (Lipinski definition) is 4. The zero-order chi connectivity index (χ0) is 16.0. The summed E-state index contributed by atoms with van der Waals surface area (Å²) >= 11 is 0. The summed E-state index contributed by atoms with van der Waals surface area (Å²) in [5.41, 5.74) is 2.25. The van der Waals surface area contributed by atoms with E-state index in [0.29, 0.717) is 11.7 Å². The molecule has 1 unspecified atom stereocenters. The van der Waals surface area contributed by atoms with Crippen LogP contribution in [0.1, 0.15) is 37.8 Å². The van der Waals surface area contributed by atoms with Crippen LogP contribution >= 0.6 is 0 Å². The summed E-state index contributed by atoms with van der Waals surface area (Å²) in [4.78, 5) is 22.7. The Labute approximate surface area is 125 Å². The molecule has 0 bridgehead atoms. The Hall–Kier alpha value is -2.04. The van der Waals surface area contributed by atoms with Crippen molar-refractivity contribution in [1.82, 2.24) is 5.32 Å². The molecule has 0 aromatic heterocycles. The van der Waals surface area contributed by atoms with Gasteiger partial charge in [0, 0.05) is 6.92 Å². The molecule has 1 rings (SSSR count). The minimum Gasteiger partial charge on any atom is -0.491 e. The lowest BCUT2D eigenvalue weighted by molar-refractivity contribution is -0.145. The Kier molecular flexibility index (Phi) is 6.21. The lowest BCUT2D eigenvalue weighted by atomic mass is 10.0. The van der Waals surface area contributed by atoms with Gasteiger partial charge in [0.05, 0.1) is 7.11 Å². The quantitative estimate of drug-likeness (QED) is 0.816. The van der Waals surface area contributed by atoms with Gasteiger partial charge in [0.1, 0.15) is 12.4 Å². The smallest absolute Gasteiger partial charge is 0.331 e. The molecule has 1 aromatic carbocycles. The van der Waals surface area contributed by atoms with E-state index < -0.39 is 12.0 Å². The number of methoxy groups -OCH3 is 1. The van der Waals surface area contributed by atoms with Crippen molar-refractivity contribution in [2.45, 2.75) is 39.7 Å². The minimum absolute atomic E-state index is 0.0350. The third-order valence-corrected chi connectivity index (χ3v) is 3.02. The van der Waals surface area contributed by atoms with Crippen molar-refractivity contribution >= 4 is 11.9 Å². The summed E-state index contributed by atoms with van der Waals surface area (Å²) in [5, 5.41) is 2.51. The van der Waals surface area contributed by atoms with E-state index in [-0.39, 0.29) is 12.5 Å². The normalized spacial score (nSPS) is 11.9. The summed E-state index contributed by atoms with van der Waals surface area (Å²) in [6.45, 7) is 7.58. The van der Waals surface area contributed by atoms with Crippen molar-refractivity contribution in [3.8, 4) is 5.75 Å². The highest BCUT2D eigenvalue weighted by Crippen LogP contribution is 2.22. The highest BCUT2D eigenvalue weighted by molar-refractivity contribution is 5.83. The Bertz CT molecular complexity index is 511. The van der Waals surface area contributed by atoms with Crippen molar-refractivity contribution in [2.24, 2.45) is 0 Å². The molecule has 0 radical (unpaired) electrons. The van der Waals surface area contributed by atoms with Gasteiger partial charge in [-0.3, -0.25) is 4.79 Å². The fourth-order valence-corrected chi connectivity index (χ4v) is 1.93. The van der Waals surface area contributed by atoms with Crippen LogP contribution in [0.4, 0.5) is 0 Å². The van der Waals surface area contributed by atoms with Crippen LogP contribution in [-0.4, -0.2) is 31.6 Å². The number of aryl methyl sites for hydroxylation is 1. The SMILES string of the molecule is COC(=O)C(COc1cc(C)cc(C(C)C)c1)NC(C)=O. The molecule has 0 fully saturated rings. The number of benzene rings is 1. The van der Waals surface area contributed by atoms with Crippen LogP contribution in [-0.2, 0) is 14.3 Å². The van der Waals surface area contributed by atoms with Crippen molar-refractivity contribution in [3.63, 3.8) is 0 Å². The van der Waals surface area contributed by atoms with E-state index >= 15 is 0 Å². The van der Waals surface area contributed by atoms with Crippen molar-refractivity contribution < 1.29 is 19.1 Å². The number of ether oxygens (including phenoxy) is 2. The monoisotopic (exact) mass is 293 g/mol. The molecule has 0 saturated heterocycles. The minimum atomic E-state index is -0.810. The van der Waals surface area contributed by atoms with Gasteiger partial charge in [-0.25, -0.2) is 4.79 Å². The van der Waals surface area contributed by atoms with Crippen molar-refractivity contribution in [1.29, 1.82) is 0 Å². The van der Waals surface area contributed by atoms with E-state index in [1.54, 1.807) is 0 Å². The van der Waals surface area contributed by atoms with Crippen molar-refractivity contribution in [2.75, 3.05) is 13.7 Å². The number of amides is 1. The second-order valence-corrected chi connectivity index (χ2v) is 5.32. The number of esters is 1. The third kappa shape index (κ3) is 5.45. The van der Waals surface area contributed by atoms with Gasteiger partial charge in [-0.05, 0) is 36.1 Å². The fourth-order valence-electron chi connectivity index (χ4n) is 1.93. The molecule has 0 aliphatic rings. The molecule has 1 aromatic rings. The van der Waals surface area contributed by atoms with Crippen LogP contribution in [0.25, 0.3) is 0 Å². The molecule has 0 spiro atoms. The van der Waals surface area contributed by atoms with Gasteiger partial charge >= 0.3 is 5.97 Å². The van der Waals surface area contributed by atoms with E-state index in [9.17, 15) is 9.59 Å². The number of carbonyl (C=O) groups is 2. The molecular weight excluding hydrogens is 270 g/mol. The predicted octanol–water partition coefficient (Wildman–Crippen LogP) is 2.17. The first kappa shape index (κ1) is 17.0. The van der Waals surface area contributed by atoms with E-state index in [1.807, 2.05) is 19.1 Å². The average Bonchev–Trinajstić information content (AvgIpc) is 2.41. The highest BCUT2D eigenvalue weighted by Gasteiger charge is 2.21. The Morgan fingerprint density at radius 2 is 1.90 bits per heavy atom. The van der Waals surface area contributed by atoms with Crippen LogP contribution in [0.15, 0.2) is 18.2 Å². The number of nitrogens with one attached hydrogen (secondary N) is 1. The van der Waals surface area contributed by atoms with Gasteiger partial charge in [0.15, 0.2) is 6.04 Å². The van der Waals surface area contributed by atoms with E-state index in [1.165, 1.54) is 19.6 Å². The summed E-state index contributed by atoms with van der Waals surface area (Å²) in [7, 11) is 1.28. The predicted molar refractivity (Wildman–Crippen MR) is 80.4 cm³/mol. The Morgan fingerprint density at radius 1 is 1.24 bits per heavy atom. The number of hydrogen-bond donors (Lipinski definition) is 1. The van der Waals surface area contributed by atoms with Gasteiger partial charge in [-0.15, -0.1) is 0 Å². The standard InChI is InChI=1S/C16H23NO4/c1-10(2)13-6-11(3)7-14(8-13)21-9-15(16(19)20-5)17-12(4)18/h6-8,10,15H,9H2,1-5H3,(H,17,18). The molecule has 0 saturated carbocycles. The van der Waals surface area contributed by atoms with Crippen LogP contribution in [0.3, 0.4) is 0 Å². The molecule has 116 valence electrons. The topological polar surface area (TPSA) is 64.6 Å². The van der Waals surface area contributed by atoms with Crippen LogP contribution < -0.4 is 10.1 Å². The lowest BCUT2D eigenvalue weighted by Gasteiger charge is -2.17. The van der Waals surface area contributed by atoms with E-state index in [4.69, 9.17) is 4.74 Å². The summed E-state index contributed by atoms with van der Waals surface area (Å²) in [6, 6.07) is 5.13. The molecule has 0 aliphatic heterocycles. The molecule has 5 nitrogen and oxygen atoms in total. The Morgan fingerprint density at radius 3 is 2.43 bits per heavy atom. The molecule has 5 heteroatoms. The summed E-state index contributed by atoms with van der Waals surface area (Å²) < 4.78 is 10.3. The van der Waals surface area contributed by atoms with Crippen molar-refractivity contribution in [3.05, 3.63) is 29.3 Å². The van der Waals surface area contributed by atoms with Gasteiger partial charge in [-0.1, -0.05) is 19.9 Å². The molecule has 1 N–H and O–H groups in total. The first-order valence-electron chi connectivity index (χ1n) is 6.92. The third-order valence-electron chi connectivity index (χ3n) is 3.02. The maximum Gasteiger partial charge on any atom is 0.331 e. The lowest BCUT2D eigenvalue weighted by Crippen LogP contribution is -2.44.